The number of nitrogens with zero attached hydrogens (tertiary/aromatic N) is 4. The second kappa shape index (κ2) is 11.9. The van der Waals surface area contributed by atoms with E-state index in [2.05, 4.69) is 14.8 Å². The Bertz CT molecular complexity index is 1220. The Hall–Kier alpha value is -2.82. The number of anilines is 1. The molecule has 2 saturated heterocycles. The minimum absolute atomic E-state index is 0.0687. The standard InChI is InChI=1S/C27H30Cl2N4O5/c28-20-1-6-24(25(29)15-20)27(18-32-10-8-30-19-32)37-17-23(38-27)16-36-22-4-2-21(3-5-22)33-13-11-31(12-14-33)9-7-26(34)35/h1-6,8,10,15,19,23H,7,9,11-14,16-18H2,(H,34,35)/p-1. The van der Waals surface area contributed by atoms with Crippen LogP contribution in [0, 0.1) is 0 Å². The molecule has 2 atom stereocenters. The van der Waals surface area contributed by atoms with Crippen LogP contribution in [-0.4, -0.2) is 72.5 Å². The molecular formula is C27H29Cl2N4O5-. The molecule has 2 aliphatic rings. The first-order valence-electron chi connectivity index (χ1n) is 12.5. The van der Waals surface area contributed by atoms with Crippen LogP contribution in [0.3, 0.4) is 0 Å². The van der Waals surface area contributed by atoms with E-state index in [-0.39, 0.29) is 12.5 Å². The predicted molar refractivity (Wildman–Crippen MR) is 141 cm³/mol. The van der Waals surface area contributed by atoms with E-state index < -0.39 is 11.8 Å². The number of ether oxygens (including phenoxy) is 3. The molecule has 0 radical (unpaired) electrons. The maximum atomic E-state index is 10.7. The molecule has 0 saturated carbocycles. The highest BCUT2D eigenvalue weighted by atomic mass is 35.5. The van der Waals surface area contributed by atoms with Gasteiger partial charge in [-0.05, 0) is 42.8 Å². The van der Waals surface area contributed by atoms with Crippen LogP contribution in [-0.2, 0) is 26.6 Å². The fraction of sp³-hybridized carbons (Fsp3) is 0.407. The topological polar surface area (TPSA) is 92.1 Å². The maximum Gasteiger partial charge on any atom is 0.215 e. The van der Waals surface area contributed by atoms with E-state index in [4.69, 9.17) is 37.4 Å². The average Bonchev–Trinajstić information content (AvgIpc) is 3.57. The van der Waals surface area contributed by atoms with Gasteiger partial charge in [0.25, 0.3) is 0 Å². The van der Waals surface area contributed by atoms with E-state index in [1.807, 2.05) is 41.1 Å². The van der Waals surface area contributed by atoms with Crippen molar-refractivity contribution in [3.63, 3.8) is 0 Å². The number of hydrogen-bond acceptors (Lipinski definition) is 8. The first-order chi connectivity index (χ1) is 18.4. The molecule has 0 amide bonds. The van der Waals surface area contributed by atoms with Crippen molar-refractivity contribution in [2.45, 2.75) is 24.9 Å². The molecule has 9 nitrogen and oxygen atoms in total. The number of piperazine rings is 1. The van der Waals surface area contributed by atoms with Crippen molar-refractivity contribution in [2.75, 3.05) is 50.8 Å². The van der Waals surface area contributed by atoms with Gasteiger partial charge in [-0.25, -0.2) is 4.98 Å². The van der Waals surface area contributed by atoms with Gasteiger partial charge in [-0.3, -0.25) is 4.90 Å². The summed E-state index contributed by atoms with van der Waals surface area (Å²) in [5.74, 6) is -1.36. The van der Waals surface area contributed by atoms with Crippen molar-refractivity contribution < 1.29 is 24.1 Å². The van der Waals surface area contributed by atoms with Gasteiger partial charge in [0, 0.05) is 67.4 Å². The SMILES string of the molecule is O=C([O-])CCN1CCN(c2ccc(OCC3COC(Cn4ccnc4)(c4ccc(Cl)cc4Cl)O3)cc2)CC1. The number of aliphatic carboxylic acids is 1. The van der Waals surface area contributed by atoms with Gasteiger partial charge in [0.15, 0.2) is 0 Å². The van der Waals surface area contributed by atoms with Gasteiger partial charge in [0.2, 0.25) is 5.79 Å². The molecule has 0 aliphatic carbocycles. The molecular weight excluding hydrogens is 531 g/mol. The molecule has 0 bridgehead atoms. The Morgan fingerprint density at radius 2 is 1.92 bits per heavy atom. The van der Waals surface area contributed by atoms with Crippen molar-refractivity contribution in [3.8, 4) is 5.75 Å². The van der Waals surface area contributed by atoms with Crippen LogP contribution in [0.25, 0.3) is 0 Å². The number of benzene rings is 2. The number of carboxylic acids is 1. The second-order valence-electron chi connectivity index (χ2n) is 9.42. The fourth-order valence-corrected chi connectivity index (χ4v) is 5.35. The lowest BCUT2D eigenvalue weighted by atomic mass is 10.1. The first-order valence-corrected chi connectivity index (χ1v) is 13.3. The molecule has 3 heterocycles. The van der Waals surface area contributed by atoms with Crippen molar-refractivity contribution in [1.29, 1.82) is 0 Å². The lowest BCUT2D eigenvalue weighted by Crippen LogP contribution is -2.47. The highest BCUT2D eigenvalue weighted by Gasteiger charge is 2.45. The van der Waals surface area contributed by atoms with Gasteiger partial charge in [-0.2, -0.15) is 0 Å². The third kappa shape index (κ3) is 6.42. The van der Waals surface area contributed by atoms with Crippen molar-refractivity contribution >= 4 is 34.9 Å². The normalized spacial score (nSPS) is 22.1. The highest BCUT2D eigenvalue weighted by Crippen LogP contribution is 2.40. The third-order valence-electron chi connectivity index (χ3n) is 6.79. The zero-order valence-electron chi connectivity index (χ0n) is 20.8. The Labute approximate surface area is 231 Å². The van der Waals surface area contributed by atoms with Gasteiger partial charge in [0.1, 0.15) is 18.5 Å². The van der Waals surface area contributed by atoms with Crippen LogP contribution in [0.15, 0.2) is 61.2 Å². The van der Waals surface area contributed by atoms with Crippen LogP contribution < -0.4 is 14.7 Å². The number of rotatable bonds is 10. The smallest absolute Gasteiger partial charge is 0.215 e. The van der Waals surface area contributed by atoms with Crippen LogP contribution in [0.5, 0.6) is 5.75 Å². The van der Waals surface area contributed by atoms with E-state index in [0.717, 1.165) is 37.6 Å². The van der Waals surface area contributed by atoms with Crippen LogP contribution in [0.2, 0.25) is 10.0 Å². The number of aromatic nitrogens is 2. The first kappa shape index (κ1) is 26.8. The quantitative estimate of drug-likeness (QED) is 0.374. The molecule has 3 aromatic rings. The Morgan fingerprint density at radius 3 is 2.61 bits per heavy atom. The van der Waals surface area contributed by atoms with E-state index in [0.29, 0.717) is 41.9 Å². The minimum Gasteiger partial charge on any atom is -0.550 e. The molecule has 202 valence electrons. The van der Waals surface area contributed by atoms with Gasteiger partial charge < -0.3 is 33.6 Å². The van der Waals surface area contributed by atoms with E-state index in [9.17, 15) is 9.90 Å². The zero-order chi connectivity index (χ0) is 26.5. The molecule has 2 unspecified atom stereocenters. The summed E-state index contributed by atoms with van der Waals surface area (Å²) in [5.41, 5.74) is 1.80. The summed E-state index contributed by atoms with van der Waals surface area (Å²) in [5, 5.41) is 11.7. The van der Waals surface area contributed by atoms with E-state index in [1.165, 1.54) is 0 Å². The summed E-state index contributed by atoms with van der Waals surface area (Å²) >= 11 is 12.7. The number of imidazole rings is 1. The molecule has 1 aromatic heterocycles. The summed E-state index contributed by atoms with van der Waals surface area (Å²) in [4.78, 5) is 19.3. The molecule has 0 spiro atoms. The highest BCUT2D eigenvalue weighted by molar-refractivity contribution is 6.35. The van der Waals surface area contributed by atoms with Crippen LogP contribution in [0.4, 0.5) is 5.69 Å². The van der Waals surface area contributed by atoms with Gasteiger partial charge >= 0.3 is 0 Å². The lowest BCUT2D eigenvalue weighted by molar-refractivity contribution is -0.305. The van der Waals surface area contributed by atoms with Crippen molar-refractivity contribution in [3.05, 3.63) is 76.8 Å². The number of carboxylic acid groups (broad SMARTS) is 1. The number of hydrogen-bond donors (Lipinski definition) is 0. The minimum atomic E-state index is -1.09. The predicted octanol–water partition coefficient (Wildman–Crippen LogP) is 2.80. The zero-order valence-corrected chi connectivity index (χ0v) is 22.3. The largest absolute Gasteiger partial charge is 0.550 e. The Kier molecular flexibility index (Phi) is 8.40. The fourth-order valence-electron chi connectivity index (χ4n) is 4.80. The summed E-state index contributed by atoms with van der Waals surface area (Å²) < 4.78 is 20.6. The van der Waals surface area contributed by atoms with E-state index in [1.54, 1.807) is 24.7 Å². The summed E-state index contributed by atoms with van der Waals surface area (Å²) in [6, 6.07) is 13.2. The maximum absolute atomic E-state index is 10.7. The monoisotopic (exact) mass is 559 g/mol. The number of carbonyl (C=O) groups excluding carboxylic acids is 1. The summed E-state index contributed by atoms with van der Waals surface area (Å²) in [6.07, 6.45) is 5.01. The molecule has 0 N–H and O–H groups in total. The summed E-state index contributed by atoms with van der Waals surface area (Å²) in [7, 11) is 0. The molecule has 5 rings (SSSR count). The lowest BCUT2D eigenvalue weighted by Gasteiger charge is -2.36. The van der Waals surface area contributed by atoms with Gasteiger partial charge in [-0.15, -0.1) is 0 Å². The molecule has 2 aliphatic heterocycles. The molecule has 2 fully saturated rings. The summed E-state index contributed by atoms with van der Waals surface area (Å²) in [6.45, 7) is 4.89. The second-order valence-corrected chi connectivity index (χ2v) is 10.3. The van der Waals surface area contributed by atoms with E-state index >= 15 is 0 Å². The number of halogens is 2. The molecule has 2 aromatic carbocycles. The van der Waals surface area contributed by atoms with Crippen LogP contribution in [0.1, 0.15) is 12.0 Å². The van der Waals surface area contributed by atoms with Gasteiger partial charge in [-0.1, -0.05) is 29.3 Å². The van der Waals surface area contributed by atoms with Crippen molar-refractivity contribution in [2.24, 2.45) is 0 Å². The number of carbonyl (C=O) groups is 1. The third-order valence-corrected chi connectivity index (χ3v) is 7.34. The Morgan fingerprint density at radius 1 is 1.13 bits per heavy atom. The average molecular weight is 560 g/mol. The molecule has 38 heavy (non-hydrogen) atoms. The van der Waals surface area contributed by atoms with Crippen LogP contribution >= 0.6 is 23.2 Å². The van der Waals surface area contributed by atoms with Crippen molar-refractivity contribution in [1.82, 2.24) is 14.5 Å². The van der Waals surface area contributed by atoms with Gasteiger partial charge in [0.05, 0.1) is 24.5 Å². The molecule has 11 heteroatoms. The Balaban J connectivity index is 1.17.